The highest BCUT2D eigenvalue weighted by Gasteiger charge is 2.19. The summed E-state index contributed by atoms with van der Waals surface area (Å²) in [6.07, 6.45) is 0. The largest absolute Gasteiger partial charge is 0.457 e. The Balaban J connectivity index is 2.05. The number of ether oxygens (including phenoxy) is 2. The van der Waals surface area contributed by atoms with Crippen molar-refractivity contribution in [3.05, 3.63) is 51.9 Å². The van der Waals surface area contributed by atoms with Gasteiger partial charge in [0, 0.05) is 12.2 Å². The second-order valence-electron chi connectivity index (χ2n) is 4.60. The van der Waals surface area contributed by atoms with Crippen molar-refractivity contribution in [2.75, 3.05) is 12.3 Å². The number of carbonyl (C=O) groups is 1. The first-order valence-corrected chi connectivity index (χ1v) is 7.61. The van der Waals surface area contributed by atoms with E-state index in [1.165, 1.54) is 11.3 Å². The molecule has 112 valence electrons. The number of nitrogens with two attached hydrogens (primary N) is 1. The zero-order chi connectivity index (χ0) is 15.2. The van der Waals surface area contributed by atoms with Gasteiger partial charge in [0.15, 0.2) is 0 Å². The lowest BCUT2D eigenvalue weighted by molar-refractivity contribution is 0.0477. The van der Waals surface area contributed by atoms with Crippen LogP contribution in [-0.2, 0) is 22.7 Å². The number of rotatable bonds is 6. The molecule has 1 aromatic carbocycles. The van der Waals surface area contributed by atoms with Crippen molar-refractivity contribution in [1.29, 1.82) is 0 Å². The maximum Gasteiger partial charge on any atom is 0.348 e. The van der Waals surface area contributed by atoms with Crippen LogP contribution in [0.2, 0.25) is 0 Å². The average Bonchev–Trinajstić information content (AvgIpc) is 2.79. The lowest BCUT2D eigenvalue weighted by atomic mass is 10.1. The smallest absolute Gasteiger partial charge is 0.348 e. The van der Waals surface area contributed by atoms with Crippen molar-refractivity contribution in [2.45, 2.75) is 27.1 Å². The molecule has 0 radical (unpaired) electrons. The minimum absolute atomic E-state index is 0.262. The van der Waals surface area contributed by atoms with E-state index in [4.69, 9.17) is 15.2 Å². The molecule has 1 heterocycles. The molecule has 0 bridgehead atoms. The fraction of sp³-hybridized carbons (Fsp3) is 0.312. The normalized spacial score (nSPS) is 10.6. The van der Waals surface area contributed by atoms with Gasteiger partial charge in [-0.3, -0.25) is 0 Å². The minimum Gasteiger partial charge on any atom is -0.457 e. The van der Waals surface area contributed by atoms with Crippen LogP contribution in [0.5, 0.6) is 0 Å². The fourth-order valence-corrected chi connectivity index (χ4v) is 2.91. The molecule has 0 saturated carbocycles. The number of nitrogen functional groups attached to an aromatic ring is 1. The molecule has 0 unspecified atom stereocenters. The van der Waals surface area contributed by atoms with E-state index in [0.717, 1.165) is 16.7 Å². The molecule has 5 heteroatoms. The van der Waals surface area contributed by atoms with E-state index >= 15 is 0 Å². The molecule has 2 N–H and O–H groups in total. The van der Waals surface area contributed by atoms with Gasteiger partial charge in [0.2, 0.25) is 0 Å². The number of esters is 1. The van der Waals surface area contributed by atoms with Crippen LogP contribution in [0.3, 0.4) is 0 Å². The summed E-state index contributed by atoms with van der Waals surface area (Å²) in [5.41, 5.74) is 8.65. The summed E-state index contributed by atoms with van der Waals surface area (Å²) < 4.78 is 10.7. The number of hydrogen-bond donors (Lipinski definition) is 1. The van der Waals surface area contributed by atoms with Gasteiger partial charge < -0.3 is 15.2 Å². The van der Waals surface area contributed by atoms with Gasteiger partial charge in [0.05, 0.1) is 11.6 Å². The minimum atomic E-state index is -0.337. The van der Waals surface area contributed by atoms with Gasteiger partial charge in [-0.15, -0.1) is 11.3 Å². The molecule has 0 saturated heterocycles. The Morgan fingerprint density at radius 3 is 2.62 bits per heavy atom. The third kappa shape index (κ3) is 3.83. The van der Waals surface area contributed by atoms with E-state index in [0.29, 0.717) is 23.1 Å². The molecule has 0 amide bonds. The quantitative estimate of drug-likeness (QED) is 0.829. The highest BCUT2D eigenvalue weighted by Crippen LogP contribution is 2.31. The Labute approximate surface area is 128 Å². The highest BCUT2D eigenvalue weighted by molar-refractivity contribution is 7.18. The summed E-state index contributed by atoms with van der Waals surface area (Å²) in [5, 5.41) is 0.618. The zero-order valence-electron chi connectivity index (χ0n) is 12.2. The van der Waals surface area contributed by atoms with Crippen LogP contribution >= 0.6 is 11.3 Å². The molecule has 0 spiro atoms. The number of hydrogen-bond acceptors (Lipinski definition) is 5. The van der Waals surface area contributed by atoms with Gasteiger partial charge in [-0.2, -0.15) is 0 Å². The van der Waals surface area contributed by atoms with Crippen molar-refractivity contribution in [2.24, 2.45) is 0 Å². The van der Waals surface area contributed by atoms with Crippen LogP contribution in [0.25, 0.3) is 0 Å². The van der Waals surface area contributed by atoms with E-state index < -0.39 is 0 Å². The second kappa shape index (κ2) is 7.24. The van der Waals surface area contributed by atoms with Crippen LogP contribution in [0.15, 0.2) is 30.3 Å². The Morgan fingerprint density at radius 1 is 1.24 bits per heavy atom. The number of benzene rings is 1. The van der Waals surface area contributed by atoms with Gasteiger partial charge >= 0.3 is 5.97 Å². The number of thiophene rings is 1. The first kappa shape index (κ1) is 15.5. The number of anilines is 1. The van der Waals surface area contributed by atoms with Gasteiger partial charge in [-0.05, 0) is 25.0 Å². The van der Waals surface area contributed by atoms with Crippen molar-refractivity contribution in [3.8, 4) is 0 Å². The monoisotopic (exact) mass is 305 g/mol. The molecular weight excluding hydrogens is 286 g/mol. The number of carbonyl (C=O) groups excluding carboxylic acids is 1. The Morgan fingerprint density at radius 2 is 1.95 bits per heavy atom. The van der Waals surface area contributed by atoms with Crippen LogP contribution in [0.4, 0.5) is 5.00 Å². The molecular formula is C16H19NO3S. The fourth-order valence-electron chi connectivity index (χ4n) is 1.94. The third-order valence-corrected chi connectivity index (χ3v) is 4.29. The van der Waals surface area contributed by atoms with Gasteiger partial charge in [-0.25, -0.2) is 4.79 Å². The first-order valence-electron chi connectivity index (χ1n) is 6.80. The van der Waals surface area contributed by atoms with E-state index in [1.54, 1.807) is 0 Å². The molecule has 0 aliphatic carbocycles. The Bertz CT molecular complexity index is 607. The molecule has 2 aromatic rings. The van der Waals surface area contributed by atoms with Crippen LogP contribution in [0, 0.1) is 6.92 Å². The van der Waals surface area contributed by atoms with Gasteiger partial charge in [-0.1, -0.05) is 30.3 Å². The van der Waals surface area contributed by atoms with Crippen LogP contribution in [-0.4, -0.2) is 12.6 Å². The summed E-state index contributed by atoms with van der Waals surface area (Å²) in [7, 11) is 0. The van der Waals surface area contributed by atoms with E-state index in [1.807, 2.05) is 44.2 Å². The Kier molecular flexibility index (Phi) is 5.36. The predicted molar refractivity (Wildman–Crippen MR) is 84.4 cm³/mol. The van der Waals surface area contributed by atoms with Crippen molar-refractivity contribution in [1.82, 2.24) is 0 Å². The van der Waals surface area contributed by atoms with Crippen molar-refractivity contribution in [3.63, 3.8) is 0 Å². The van der Waals surface area contributed by atoms with E-state index in [9.17, 15) is 4.79 Å². The molecule has 1 aromatic heterocycles. The SMILES string of the molecule is CCOCc1c(N)sc(C(=O)OCc2ccccc2)c1C. The van der Waals surface area contributed by atoms with Crippen LogP contribution in [0.1, 0.15) is 33.3 Å². The van der Waals surface area contributed by atoms with E-state index in [2.05, 4.69) is 0 Å². The lowest BCUT2D eigenvalue weighted by Gasteiger charge is -2.05. The van der Waals surface area contributed by atoms with Gasteiger partial charge in [0.1, 0.15) is 11.5 Å². The second-order valence-corrected chi connectivity index (χ2v) is 5.65. The highest BCUT2D eigenvalue weighted by atomic mass is 32.1. The van der Waals surface area contributed by atoms with E-state index in [-0.39, 0.29) is 12.6 Å². The lowest BCUT2D eigenvalue weighted by Crippen LogP contribution is -2.05. The first-order chi connectivity index (χ1) is 10.1. The summed E-state index contributed by atoms with van der Waals surface area (Å²) in [5.74, 6) is -0.337. The maximum absolute atomic E-state index is 12.2. The Hall–Kier alpha value is -1.85. The van der Waals surface area contributed by atoms with Crippen molar-refractivity contribution < 1.29 is 14.3 Å². The maximum atomic E-state index is 12.2. The van der Waals surface area contributed by atoms with Crippen molar-refractivity contribution >= 4 is 22.3 Å². The molecule has 0 atom stereocenters. The molecule has 2 rings (SSSR count). The topological polar surface area (TPSA) is 61.5 Å². The molecule has 0 aliphatic rings. The molecule has 21 heavy (non-hydrogen) atoms. The molecule has 4 nitrogen and oxygen atoms in total. The summed E-state index contributed by atoms with van der Waals surface area (Å²) >= 11 is 1.26. The van der Waals surface area contributed by atoms with Gasteiger partial charge in [0.25, 0.3) is 0 Å². The third-order valence-electron chi connectivity index (χ3n) is 3.15. The standard InChI is InChI=1S/C16H19NO3S/c1-3-19-10-13-11(2)14(21-15(13)17)16(18)20-9-12-7-5-4-6-8-12/h4-8H,3,9-10,17H2,1-2H3. The summed E-state index contributed by atoms with van der Waals surface area (Å²) in [4.78, 5) is 12.7. The van der Waals surface area contributed by atoms with Crippen LogP contribution < -0.4 is 5.73 Å². The molecule has 0 fully saturated rings. The summed E-state index contributed by atoms with van der Waals surface area (Å²) in [6.45, 7) is 5.10. The predicted octanol–water partition coefficient (Wildman–Crippen LogP) is 3.53. The zero-order valence-corrected chi connectivity index (χ0v) is 13.0. The molecule has 0 aliphatic heterocycles. The summed E-state index contributed by atoms with van der Waals surface area (Å²) in [6, 6.07) is 9.60. The average molecular weight is 305 g/mol.